The van der Waals surface area contributed by atoms with Gasteiger partial charge in [0.05, 0.1) is 5.52 Å². The van der Waals surface area contributed by atoms with Crippen LogP contribution in [0.1, 0.15) is 13.8 Å². The van der Waals surface area contributed by atoms with E-state index in [1.165, 1.54) is 5.57 Å². The zero-order valence-electron chi connectivity index (χ0n) is 10.00. The van der Waals surface area contributed by atoms with Gasteiger partial charge in [0, 0.05) is 28.8 Å². The van der Waals surface area contributed by atoms with Gasteiger partial charge in [-0.2, -0.15) is 0 Å². The molecule has 0 saturated heterocycles. The molecule has 0 atom stereocenters. The van der Waals surface area contributed by atoms with Crippen molar-refractivity contribution in [1.29, 1.82) is 0 Å². The largest absolute Gasteiger partial charge is 0.381 e. The number of hydrogen-bond donors (Lipinski definition) is 1. The van der Waals surface area contributed by atoms with Crippen molar-refractivity contribution < 1.29 is 0 Å². The molecule has 0 aliphatic carbocycles. The van der Waals surface area contributed by atoms with E-state index in [1.807, 2.05) is 24.3 Å². The first-order chi connectivity index (χ1) is 8.16. The Bertz CT molecular complexity index is 557. The quantitative estimate of drug-likeness (QED) is 0.819. The van der Waals surface area contributed by atoms with Crippen LogP contribution in [0.5, 0.6) is 0 Å². The van der Waals surface area contributed by atoms with Crippen LogP contribution in [0.2, 0.25) is 5.02 Å². The zero-order chi connectivity index (χ0) is 12.3. The predicted molar refractivity (Wildman–Crippen MR) is 74.7 cm³/mol. The van der Waals surface area contributed by atoms with Crippen LogP contribution in [-0.4, -0.2) is 11.5 Å². The van der Waals surface area contributed by atoms with Crippen molar-refractivity contribution in [2.75, 3.05) is 11.9 Å². The monoisotopic (exact) mass is 246 g/mol. The van der Waals surface area contributed by atoms with E-state index >= 15 is 0 Å². The van der Waals surface area contributed by atoms with Crippen LogP contribution in [0.3, 0.4) is 0 Å². The highest BCUT2D eigenvalue weighted by molar-refractivity contribution is 6.31. The number of aromatic nitrogens is 1. The second kappa shape index (κ2) is 5.19. The molecule has 0 aliphatic rings. The summed E-state index contributed by atoms with van der Waals surface area (Å²) in [5.41, 5.74) is 3.31. The highest BCUT2D eigenvalue weighted by Gasteiger charge is 2.01. The normalized spacial score (nSPS) is 10.3. The number of allylic oxidation sites excluding steroid dienone is 1. The Morgan fingerprint density at radius 2 is 2.18 bits per heavy atom. The summed E-state index contributed by atoms with van der Waals surface area (Å²) in [6, 6.07) is 7.74. The molecule has 17 heavy (non-hydrogen) atoms. The van der Waals surface area contributed by atoms with Gasteiger partial charge in [-0.15, -0.1) is 0 Å². The standard InChI is InChI=1S/C14H15ClN2/c1-10(2)5-7-16-13-6-8-17-14-9-11(15)3-4-12(13)14/h3-6,8-9H,7H2,1-2H3,(H,16,17). The lowest BCUT2D eigenvalue weighted by atomic mass is 10.2. The summed E-state index contributed by atoms with van der Waals surface area (Å²) in [6.07, 6.45) is 3.95. The highest BCUT2D eigenvalue weighted by Crippen LogP contribution is 2.24. The Labute approximate surface area is 106 Å². The maximum atomic E-state index is 5.95. The van der Waals surface area contributed by atoms with Crippen molar-refractivity contribution in [2.45, 2.75) is 13.8 Å². The fraction of sp³-hybridized carbons (Fsp3) is 0.214. The fourth-order valence-electron chi connectivity index (χ4n) is 1.64. The summed E-state index contributed by atoms with van der Waals surface area (Å²) in [7, 11) is 0. The summed E-state index contributed by atoms with van der Waals surface area (Å²) in [5.74, 6) is 0. The van der Waals surface area contributed by atoms with Gasteiger partial charge in [-0.3, -0.25) is 4.98 Å². The SMILES string of the molecule is CC(C)=CCNc1ccnc2cc(Cl)ccc12. The number of halogens is 1. The van der Waals surface area contributed by atoms with Crippen molar-refractivity contribution in [2.24, 2.45) is 0 Å². The first kappa shape index (κ1) is 11.9. The van der Waals surface area contributed by atoms with E-state index in [0.29, 0.717) is 5.02 Å². The van der Waals surface area contributed by atoms with E-state index in [1.54, 1.807) is 6.20 Å². The van der Waals surface area contributed by atoms with Gasteiger partial charge in [0.25, 0.3) is 0 Å². The van der Waals surface area contributed by atoms with Gasteiger partial charge in [0.2, 0.25) is 0 Å². The maximum Gasteiger partial charge on any atom is 0.0737 e. The van der Waals surface area contributed by atoms with Gasteiger partial charge in [-0.05, 0) is 38.1 Å². The second-order valence-corrected chi connectivity index (χ2v) is 4.62. The maximum absolute atomic E-state index is 5.95. The third kappa shape index (κ3) is 2.98. The van der Waals surface area contributed by atoms with Gasteiger partial charge in [0.15, 0.2) is 0 Å². The first-order valence-electron chi connectivity index (χ1n) is 5.58. The van der Waals surface area contributed by atoms with Crippen LogP contribution >= 0.6 is 11.6 Å². The summed E-state index contributed by atoms with van der Waals surface area (Å²) < 4.78 is 0. The molecule has 2 nitrogen and oxygen atoms in total. The summed E-state index contributed by atoms with van der Waals surface area (Å²) in [4.78, 5) is 4.31. The number of nitrogens with zero attached hydrogens (tertiary/aromatic N) is 1. The molecule has 1 aromatic heterocycles. The van der Waals surface area contributed by atoms with Crippen LogP contribution in [0.25, 0.3) is 10.9 Å². The highest BCUT2D eigenvalue weighted by atomic mass is 35.5. The van der Waals surface area contributed by atoms with Gasteiger partial charge in [0.1, 0.15) is 0 Å². The van der Waals surface area contributed by atoms with Gasteiger partial charge in [-0.1, -0.05) is 23.3 Å². The summed E-state index contributed by atoms with van der Waals surface area (Å²) in [5, 5.41) is 5.19. The number of hydrogen-bond acceptors (Lipinski definition) is 2. The molecule has 0 aliphatic heterocycles. The van der Waals surface area contributed by atoms with Crippen molar-refractivity contribution in [3.63, 3.8) is 0 Å². The van der Waals surface area contributed by atoms with Crippen molar-refractivity contribution in [1.82, 2.24) is 4.98 Å². The molecule has 1 heterocycles. The molecule has 0 fully saturated rings. The molecule has 2 aromatic rings. The Hall–Kier alpha value is -1.54. The average molecular weight is 247 g/mol. The molecule has 0 unspecified atom stereocenters. The Balaban J connectivity index is 2.31. The fourth-order valence-corrected chi connectivity index (χ4v) is 1.81. The number of fused-ring (bicyclic) bond motifs is 1. The molecule has 3 heteroatoms. The smallest absolute Gasteiger partial charge is 0.0737 e. The minimum Gasteiger partial charge on any atom is -0.381 e. The Morgan fingerprint density at radius 1 is 1.35 bits per heavy atom. The molecule has 2 rings (SSSR count). The van der Waals surface area contributed by atoms with Crippen LogP contribution in [0, 0.1) is 0 Å². The molecule has 0 spiro atoms. The van der Waals surface area contributed by atoms with Gasteiger partial charge >= 0.3 is 0 Å². The van der Waals surface area contributed by atoms with Crippen LogP contribution < -0.4 is 5.32 Å². The zero-order valence-corrected chi connectivity index (χ0v) is 10.8. The van der Waals surface area contributed by atoms with Crippen LogP contribution in [0.15, 0.2) is 42.1 Å². The molecule has 1 N–H and O–H groups in total. The molecule has 0 radical (unpaired) electrons. The molecule has 1 aromatic carbocycles. The van der Waals surface area contributed by atoms with Crippen molar-refractivity contribution >= 4 is 28.2 Å². The third-order valence-electron chi connectivity index (χ3n) is 2.51. The molecular formula is C14H15ClN2. The number of pyridine rings is 1. The number of rotatable bonds is 3. The third-order valence-corrected chi connectivity index (χ3v) is 2.74. The Kier molecular flexibility index (Phi) is 3.64. The average Bonchev–Trinajstić information content (AvgIpc) is 2.28. The summed E-state index contributed by atoms with van der Waals surface area (Å²) in [6.45, 7) is 5.00. The van der Waals surface area contributed by atoms with E-state index in [9.17, 15) is 0 Å². The van der Waals surface area contributed by atoms with Gasteiger partial charge in [-0.25, -0.2) is 0 Å². The van der Waals surface area contributed by atoms with Crippen LogP contribution in [-0.2, 0) is 0 Å². The van der Waals surface area contributed by atoms with Crippen molar-refractivity contribution in [3.8, 4) is 0 Å². The Morgan fingerprint density at radius 3 is 2.94 bits per heavy atom. The minimum absolute atomic E-state index is 0.714. The number of anilines is 1. The molecular weight excluding hydrogens is 232 g/mol. The van der Waals surface area contributed by atoms with Gasteiger partial charge < -0.3 is 5.32 Å². The lowest BCUT2D eigenvalue weighted by molar-refractivity contribution is 1.26. The second-order valence-electron chi connectivity index (χ2n) is 4.18. The van der Waals surface area contributed by atoms with E-state index in [-0.39, 0.29) is 0 Å². The van der Waals surface area contributed by atoms with E-state index in [2.05, 4.69) is 30.2 Å². The van der Waals surface area contributed by atoms with E-state index < -0.39 is 0 Å². The summed E-state index contributed by atoms with van der Waals surface area (Å²) >= 11 is 5.95. The lowest BCUT2D eigenvalue weighted by Crippen LogP contribution is -1.99. The van der Waals surface area contributed by atoms with E-state index in [4.69, 9.17) is 11.6 Å². The molecule has 0 saturated carbocycles. The van der Waals surface area contributed by atoms with Crippen molar-refractivity contribution in [3.05, 3.63) is 47.1 Å². The minimum atomic E-state index is 0.714. The van der Waals surface area contributed by atoms with Crippen LogP contribution in [0.4, 0.5) is 5.69 Å². The number of benzene rings is 1. The molecule has 88 valence electrons. The number of nitrogens with one attached hydrogen (secondary N) is 1. The topological polar surface area (TPSA) is 24.9 Å². The predicted octanol–water partition coefficient (Wildman–Crippen LogP) is 4.27. The van der Waals surface area contributed by atoms with E-state index in [0.717, 1.165) is 23.1 Å². The first-order valence-corrected chi connectivity index (χ1v) is 5.96. The lowest BCUT2D eigenvalue weighted by Gasteiger charge is -2.07. The molecule has 0 amide bonds. The molecule has 0 bridgehead atoms.